The van der Waals surface area contributed by atoms with E-state index in [9.17, 15) is 13.5 Å². The van der Waals surface area contributed by atoms with E-state index in [0.717, 1.165) is 11.3 Å². The molecule has 0 aromatic heterocycles. The molecule has 1 rings (SSSR count). The molecule has 0 aliphatic heterocycles. The van der Waals surface area contributed by atoms with Crippen LogP contribution in [-0.4, -0.2) is 32.9 Å². The fraction of sp³-hybridized carbons (Fsp3) is 0.538. The van der Waals surface area contributed by atoms with Gasteiger partial charge in [0.05, 0.1) is 4.90 Å². The van der Waals surface area contributed by atoms with Crippen LogP contribution in [0.1, 0.15) is 19.4 Å². The Balaban J connectivity index is 2.96. The number of benzene rings is 1. The molecule has 1 aromatic carbocycles. The molecule has 0 radical (unpaired) electrons. The average molecular weight is 271 g/mol. The molecule has 0 saturated carbocycles. The third-order valence-electron chi connectivity index (χ3n) is 2.82. The van der Waals surface area contributed by atoms with Crippen molar-refractivity contribution in [1.29, 1.82) is 0 Å². The summed E-state index contributed by atoms with van der Waals surface area (Å²) in [6, 6.07) is 5.02. The van der Waals surface area contributed by atoms with Crippen molar-refractivity contribution in [2.45, 2.75) is 25.7 Å². The van der Waals surface area contributed by atoms with E-state index in [-0.39, 0.29) is 12.0 Å². The molecule has 18 heavy (non-hydrogen) atoms. The smallest absolute Gasteiger partial charge is 0.175 e. The molecule has 2 N–H and O–H groups in total. The molecule has 4 nitrogen and oxygen atoms in total. The second-order valence-corrected chi connectivity index (χ2v) is 7.44. The van der Waals surface area contributed by atoms with Gasteiger partial charge in [0.2, 0.25) is 0 Å². The number of aliphatic hydroxyl groups excluding tert-OH is 1. The van der Waals surface area contributed by atoms with Crippen molar-refractivity contribution < 1.29 is 13.5 Å². The highest BCUT2D eigenvalue weighted by Crippen LogP contribution is 2.22. The van der Waals surface area contributed by atoms with Gasteiger partial charge in [-0.25, -0.2) is 8.42 Å². The van der Waals surface area contributed by atoms with E-state index in [1.165, 1.54) is 6.26 Å². The molecule has 0 aliphatic rings. The lowest BCUT2D eigenvalue weighted by molar-refractivity contribution is 0.171. The number of hydrogen-bond acceptors (Lipinski definition) is 4. The van der Waals surface area contributed by atoms with Crippen molar-refractivity contribution >= 4 is 15.5 Å². The van der Waals surface area contributed by atoms with Crippen LogP contribution < -0.4 is 5.32 Å². The van der Waals surface area contributed by atoms with Crippen LogP contribution in [0, 0.1) is 12.3 Å². The van der Waals surface area contributed by atoms with Gasteiger partial charge in [0.25, 0.3) is 0 Å². The molecule has 0 unspecified atom stereocenters. The summed E-state index contributed by atoms with van der Waals surface area (Å²) in [7, 11) is -3.19. The molecular formula is C13H21NO3S. The van der Waals surface area contributed by atoms with Crippen LogP contribution >= 0.6 is 0 Å². The maximum absolute atomic E-state index is 11.5. The fourth-order valence-electron chi connectivity index (χ4n) is 1.41. The third kappa shape index (κ3) is 3.99. The Hall–Kier alpha value is -1.07. The van der Waals surface area contributed by atoms with Crippen molar-refractivity contribution in [3.63, 3.8) is 0 Å². The van der Waals surface area contributed by atoms with Gasteiger partial charge in [0.1, 0.15) is 0 Å². The van der Waals surface area contributed by atoms with Gasteiger partial charge in [-0.3, -0.25) is 0 Å². The van der Waals surface area contributed by atoms with Gasteiger partial charge >= 0.3 is 0 Å². The highest BCUT2D eigenvalue weighted by atomic mass is 32.2. The number of aliphatic hydroxyl groups is 1. The van der Waals surface area contributed by atoms with Crippen LogP contribution in [-0.2, 0) is 9.84 Å². The third-order valence-corrected chi connectivity index (χ3v) is 3.93. The summed E-state index contributed by atoms with van der Waals surface area (Å²) < 4.78 is 23.0. The van der Waals surface area contributed by atoms with E-state index in [4.69, 9.17) is 0 Å². The highest BCUT2D eigenvalue weighted by molar-refractivity contribution is 7.90. The van der Waals surface area contributed by atoms with Gasteiger partial charge in [0.15, 0.2) is 9.84 Å². The number of nitrogens with one attached hydrogen (secondary N) is 1. The Kier molecular flexibility index (Phi) is 4.40. The van der Waals surface area contributed by atoms with Gasteiger partial charge in [-0.1, -0.05) is 19.9 Å². The van der Waals surface area contributed by atoms with Crippen LogP contribution in [0.5, 0.6) is 0 Å². The van der Waals surface area contributed by atoms with E-state index in [2.05, 4.69) is 5.32 Å². The van der Waals surface area contributed by atoms with E-state index >= 15 is 0 Å². The predicted molar refractivity (Wildman–Crippen MR) is 73.6 cm³/mol. The molecule has 0 atom stereocenters. The molecule has 0 amide bonds. The Morgan fingerprint density at radius 2 is 1.94 bits per heavy atom. The second kappa shape index (κ2) is 5.28. The molecule has 5 heteroatoms. The van der Waals surface area contributed by atoms with Gasteiger partial charge in [0, 0.05) is 30.5 Å². The van der Waals surface area contributed by atoms with E-state index in [0.29, 0.717) is 11.4 Å². The summed E-state index contributed by atoms with van der Waals surface area (Å²) in [6.07, 6.45) is 1.19. The summed E-state index contributed by atoms with van der Waals surface area (Å²) in [6.45, 7) is 6.45. The SMILES string of the molecule is Cc1ccc(S(C)(=O)=O)cc1NCC(C)(C)CO. The first kappa shape index (κ1) is 15.0. The number of aryl methyl sites for hydroxylation is 1. The predicted octanol–water partition coefficient (Wildman–Crippen LogP) is 1.83. The number of anilines is 1. The zero-order valence-electron chi connectivity index (χ0n) is 11.3. The molecule has 0 heterocycles. The normalized spacial score (nSPS) is 12.5. The standard InChI is InChI=1S/C13H21NO3S/c1-10-5-6-11(18(4,16)17)7-12(10)14-8-13(2,3)9-15/h5-7,14-15H,8-9H2,1-4H3. The first-order valence-corrected chi connectivity index (χ1v) is 7.70. The zero-order chi connectivity index (χ0) is 14.0. The lowest BCUT2D eigenvalue weighted by Crippen LogP contribution is -2.27. The number of sulfone groups is 1. The summed E-state index contributed by atoms with van der Waals surface area (Å²) in [5, 5.41) is 12.4. The Morgan fingerprint density at radius 3 is 2.44 bits per heavy atom. The first-order chi connectivity index (χ1) is 8.15. The van der Waals surface area contributed by atoms with Crippen LogP contribution in [0.25, 0.3) is 0 Å². The minimum atomic E-state index is -3.19. The largest absolute Gasteiger partial charge is 0.396 e. The number of hydrogen-bond donors (Lipinski definition) is 2. The number of rotatable bonds is 5. The average Bonchev–Trinajstić information content (AvgIpc) is 2.26. The van der Waals surface area contributed by atoms with Crippen molar-refractivity contribution in [2.24, 2.45) is 5.41 Å². The summed E-state index contributed by atoms with van der Waals surface area (Å²) >= 11 is 0. The van der Waals surface area contributed by atoms with Crippen molar-refractivity contribution in [3.8, 4) is 0 Å². The van der Waals surface area contributed by atoms with Crippen LogP contribution in [0.3, 0.4) is 0 Å². The van der Waals surface area contributed by atoms with E-state index in [1.807, 2.05) is 20.8 Å². The lowest BCUT2D eigenvalue weighted by atomic mass is 9.95. The van der Waals surface area contributed by atoms with Gasteiger partial charge in [-0.15, -0.1) is 0 Å². The summed E-state index contributed by atoms with van der Waals surface area (Å²) in [5.74, 6) is 0. The van der Waals surface area contributed by atoms with Crippen LogP contribution in [0.15, 0.2) is 23.1 Å². The molecule has 0 fully saturated rings. The van der Waals surface area contributed by atoms with Gasteiger partial charge in [-0.2, -0.15) is 0 Å². The fourth-order valence-corrected chi connectivity index (χ4v) is 2.06. The molecule has 0 aliphatic carbocycles. The minimum Gasteiger partial charge on any atom is -0.396 e. The Labute approximate surface area is 109 Å². The lowest BCUT2D eigenvalue weighted by Gasteiger charge is -2.23. The second-order valence-electron chi connectivity index (χ2n) is 5.42. The van der Waals surface area contributed by atoms with E-state index < -0.39 is 9.84 Å². The van der Waals surface area contributed by atoms with Crippen molar-refractivity contribution in [1.82, 2.24) is 0 Å². The summed E-state index contributed by atoms with van der Waals surface area (Å²) in [4.78, 5) is 0.303. The highest BCUT2D eigenvalue weighted by Gasteiger charge is 2.17. The minimum absolute atomic E-state index is 0.0742. The van der Waals surface area contributed by atoms with Crippen molar-refractivity contribution in [2.75, 3.05) is 24.7 Å². The Morgan fingerprint density at radius 1 is 1.33 bits per heavy atom. The monoisotopic (exact) mass is 271 g/mol. The van der Waals surface area contributed by atoms with Crippen LogP contribution in [0.4, 0.5) is 5.69 Å². The molecule has 1 aromatic rings. The first-order valence-electron chi connectivity index (χ1n) is 5.81. The quantitative estimate of drug-likeness (QED) is 0.857. The molecular weight excluding hydrogens is 250 g/mol. The van der Waals surface area contributed by atoms with Gasteiger partial charge < -0.3 is 10.4 Å². The summed E-state index contributed by atoms with van der Waals surface area (Å²) in [5.41, 5.74) is 1.53. The maximum Gasteiger partial charge on any atom is 0.175 e. The maximum atomic E-state index is 11.5. The van der Waals surface area contributed by atoms with Gasteiger partial charge in [-0.05, 0) is 24.6 Å². The molecule has 102 valence electrons. The van der Waals surface area contributed by atoms with Crippen molar-refractivity contribution in [3.05, 3.63) is 23.8 Å². The molecule has 0 saturated heterocycles. The molecule has 0 spiro atoms. The molecule has 0 bridgehead atoms. The zero-order valence-corrected chi connectivity index (χ0v) is 12.1. The Bertz CT molecular complexity index is 521. The van der Waals surface area contributed by atoms with E-state index in [1.54, 1.807) is 18.2 Å². The topological polar surface area (TPSA) is 66.4 Å². The van der Waals surface area contributed by atoms with Crippen LogP contribution in [0.2, 0.25) is 0 Å².